The van der Waals surface area contributed by atoms with Crippen LogP contribution in [0, 0.1) is 6.92 Å². The number of likely N-dealkylation sites (N-methyl/N-ethyl adjacent to an activating group) is 1. The first-order valence-electron chi connectivity index (χ1n) is 7.31. The van der Waals surface area contributed by atoms with Crippen molar-refractivity contribution in [3.05, 3.63) is 69.7 Å². The van der Waals surface area contributed by atoms with Crippen LogP contribution in [0.3, 0.4) is 0 Å². The lowest BCUT2D eigenvalue weighted by atomic mass is 10.0. The number of halogens is 1. The Balaban J connectivity index is 2.28. The second-order valence-corrected chi connectivity index (χ2v) is 5.90. The molecule has 5 heteroatoms. The van der Waals surface area contributed by atoms with Gasteiger partial charge in [0.25, 0.3) is 5.91 Å². The number of carbonyl (C=O) groups is 1. The highest BCUT2D eigenvalue weighted by atomic mass is 35.5. The zero-order valence-electron chi connectivity index (χ0n) is 13.2. The van der Waals surface area contributed by atoms with Crippen molar-refractivity contribution in [1.29, 1.82) is 0 Å². The standard InChI is InChI=1S/C18H20ClNO3/c1-12-3-4-14(9-15(12)10-21)18(23)20(2)17(11-22)13-5-7-16(19)8-6-13/h3-9,17,21-22H,10-11H2,1-2H3. The highest BCUT2D eigenvalue weighted by Gasteiger charge is 2.22. The predicted molar refractivity (Wildman–Crippen MR) is 90.5 cm³/mol. The van der Waals surface area contributed by atoms with Gasteiger partial charge in [-0.2, -0.15) is 0 Å². The molecule has 0 aliphatic carbocycles. The Bertz CT molecular complexity index is 685. The van der Waals surface area contributed by atoms with Gasteiger partial charge in [-0.25, -0.2) is 0 Å². The highest BCUT2D eigenvalue weighted by Crippen LogP contribution is 2.23. The largest absolute Gasteiger partial charge is 0.394 e. The SMILES string of the molecule is Cc1ccc(C(=O)N(C)C(CO)c2ccc(Cl)cc2)cc1CO. The summed E-state index contributed by atoms with van der Waals surface area (Å²) >= 11 is 5.88. The first-order valence-corrected chi connectivity index (χ1v) is 7.69. The van der Waals surface area contributed by atoms with Crippen molar-refractivity contribution in [2.24, 2.45) is 0 Å². The maximum absolute atomic E-state index is 12.7. The smallest absolute Gasteiger partial charge is 0.254 e. The minimum atomic E-state index is -0.460. The third-order valence-electron chi connectivity index (χ3n) is 3.98. The molecule has 0 saturated heterocycles. The molecule has 1 atom stereocenters. The van der Waals surface area contributed by atoms with Crippen molar-refractivity contribution in [3.63, 3.8) is 0 Å². The fourth-order valence-electron chi connectivity index (χ4n) is 2.46. The zero-order chi connectivity index (χ0) is 17.0. The van der Waals surface area contributed by atoms with E-state index in [9.17, 15) is 15.0 Å². The van der Waals surface area contributed by atoms with E-state index in [-0.39, 0.29) is 19.1 Å². The van der Waals surface area contributed by atoms with Crippen LogP contribution in [0.15, 0.2) is 42.5 Å². The molecule has 2 aromatic carbocycles. The van der Waals surface area contributed by atoms with Crippen molar-refractivity contribution < 1.29 is 15.0 Å². The molecule has 0 aliphatic heterocycles. The topological polar surface area (TPSA) is 60.8 Å². The molecule has 2 rings (SSSR count). The fraction of sp³-hybridized carbons (Fsp3) is 0.278. The summed E-state index contributed by atoms with van der Waals surface area (Å²) in [4.78, 5) is 14.2. The zero-order valence-corrected chi connectivity index (χ0v) is 13.9. The molecule has 2 aromatic rings. The lowest BCUT2D eigenvalue weighted by Crippen LogP contribution is -2.33. The van der Waals surface area contributed by atoms with E-state index in [0.29, 0.717) is 10.6 Å². The quantitative estimate of drug-likeness (QED) is 0.884. The fourth-order valence-corrected chi connectivity index (χ4v) is 2.58. The van der Waals surface area contributed by atoms with Gasteiger partial charge in [0, 0.05) is 17.6 Å². The van der Waals surface area contributed by atoms with E-state index in [1.165, 1.54) is 4.90 Å². The summed E-state index contributed by atoms with van der Waals surface area (Å²) in [5.74, 6) is -0.214. The number of benzene rings is 2. The summed E-state index contributed by atoms with van der Waals surface area (Å²) in [5.41, 5.74) is 2.94. The molecule has 0 heterocycles. The molecule has 0 aliphatic rings. The second kappa shape index (κ2) is 7.59. The van der Waals surface area contributed by atoms with Crippen molar-refractivity contribution in [3.8, 4) is 0 Å². The van der Waals surface area contributed by atoms with Crippen LogP contribution in [0.4, 0.5) is 0 Å². The van der Waals surface area contributed by atoms with Gasteiger partial charge >= 0.3 is 0 Å². The highest BCUT2D eigenvalue weighted by molar-refractivity contribution is 6.30. The van der Waals surface area contributed by atoms with Gasteiger partial charge in [0.2, 0.25) is 0 Å². The number of aryl methyl sites for hydroxylation is 1. The van der Waals surface area contributed by atoms with Crippen molar-refractivity contribution in [2.75, 3.05) is 13.7 Å². The number of nitrogens with zero attached hydrogens (tertiary/aromatic N) is 1. The molecule has 0 bridgehead atoms. The van der Waals surface area contributed by atoms with Gasteiger partial charge in [0.05, 0.1) is 19.3 Å². The molecule has 4 nitrogen and oxygen atoms in total. The van der Waals surface area contributed by atoms with Gasteiger partial charge in [0.15, 0.2) is 0 Å². The Morgan fingerprint density at radius 1 is 1.17 bits per heavy atom. The van der Waals surface area contributed by atoms with E-state index in [1.54, 1.807) is 43.4 Å². The van der Waals surface area contributed by atoms with E-state index in [1.807, 2.05) is 13.0 Å². The average molecular weight is 334 g/mol. The number of hydrogen-bond acceptors (Lipinski definition) is 3. The van der Waals surface area contributed by atoms with E-state index in [0.717, 1.165) is 16.7 Å². The lowest BCUT2D eigenvalue weighted by molar-refractivity contribution is 0.0658. The Labute approximate surface area is 140 Å². The van der Waals surface area contributed by atoms with Gasteiger partial charge in [-0.3, -0.25) is 4.79 Å². The number of aliphatic hydroxyl groups is 2. The molecular weight excluding hydrogens is 314 g/mol. The van der Waals surface area contributed by atoms with Gasteiger partial charge in [-0.1, -0.05) is 29.8 Å². The van der Waals surface area contributed by atoms with Crippen LogP contribution >= 0.6 is 11.6 Å². The van der Waals surface area contributed by atoms with Gasteiger partial charge in [-0.05, 0) is 47.9 Å². The van der Waals surface area contributed by atoms with E-state index in [4.69, 9.17) is 11.6 Å². The summed E-state index contributed by atoms with van der Waals surface area (Å²) in [6, 6.07) is 11.8. The van der Waals surface area contributed by atoms with E-state index in [2.05, 4.69) is 0 Å². The van der Waals surface area contributed by atoms with Gasteiger partial charge in [0.1, 0.15) is 0 Å². The Hall–Kier alpha value is -1.88. The molecular formula is C18H20ClNO3. The first-order chi connectivity index (χ1) is 11.0. The number of carbonyl (C=O) groups excluding carboxylic acids is 1. The molecule has 0 spiro atoms. The Kier molecular flexibility index (Phi) is 5.77. The summed E-state index contributed by atoms with van der Waals surface area (Å²) in [5, 5.41) is 19.6. The number of rotatable bonds is 5. The van der Waals surface area contributed by atoms with Crippen LogP contribution in [0.25, 0.3) is 0 Å². The first kappa shape index (κ1) is 17.5. The van der Waals surface area contributed by atoms with Crippen LogP contribution in [-0.4, -0.2) is 34.7 Å². The molecule has 2 N–H and O–H groups in total. The van der Waals surface area contributed by atoms with Gasteiger partial charge in [-0.15, -0.1) is 0 Å². The van der Waals surface area contributed by atoms with Crippen molar-refractivity contribution in [2.45, 2.75) is 19.6 Å². The van der Waals surface area contributed by atoms with Crippen LogP contribution < -0.4 is 0 Å². The maximum atomic E-state index is 12.7. The van der Waals surface area contributed by atoms with Crippen LogP contribution in [-0.2, 0) is 6.61 Å². The third kappa shape index (κ3) is 3.91. The molecule has 0 radical (unpaired) electrons. The summed E-state index contributed by atoms with van der Waals surface area (Å²) in [6.07, 6.45) is 0. The molecule has 0 fully saturated rings. The van der Waals surface area contributed by atoms with Gasteiger partial charge < -0.3 is 15.1 Å². The summed E-state index contributed by atoms with van der Waals surface area (Å²) in [6.45, 7) is 1.58. The van der Waals surface area contributed by atoms with Crippen LogP contribution in [0.5, 0.6) is 0 Å². The normalized spacial score (nSPS) is 12.0. The Morgan fingerprint density at radius 2 is 1.83 bits per heavy atom. The average Bonchev–Trinajstić information content (AvgIpc) is 2.57. The predicted octanol–water partition coefficient (Wildman–Crippen LogP) is 2.95. The van der Waals surface area contributed by atoms with E-state index < -0.39 is 6.04 Å². The third-order valence-corrected chi connectivity index (χ3v) is 4.23. The monoisotopic (exact) mass is 333 g/mol. The number of aliphatic hydroxyl groups excluding tert-OH is 2. The second-order valence-electron chi connectivity index (χ2n) is 5.47. The summed E-state index contributed by atoms with van der Waals surface area (Å²) in [7, 11) is 1.65. The van der Waals surface area contributed by atoms with Crippen molar-refractivity contribution >= 4 is 17.5 Å². The molecule has 0 saturated carbocycles. The Morgan fingerprint density at radius 3 is 2.39 bits per heavy atom. The van der Waals surface area contributed by atoms with E-state index >= 15 is 0 Å². The van der Waals surface area contributed by atoms with Crippen LogP contribution in [0.2, 0.25) is 5.02 Å². The van der Waals surface area contributed by atoms with Crippen molar-refractivity contribution in [1.82, 2.24) is 4.90 Å². The molecule has 1 unspecified atom stereocenters. The summed E-state index contributed by atoms with van der Waals surface area (Å²) < 4.78 is 0. The molecule has 23 heavy (non-hydrogen) atoms. The maximum Gasteiger partial charge on any atom is 0.254 e. The number of hydrogen-bond donors (Lipinski definition) is 2. The number of amides is 1. The minimum absolute atomic E-state index is 0.114. The molecule has 1 amide bonds. The lowest BCUT2D eigenvalue weighted by Gasteiger charge is -2.27. The molecule has 0 aromatic heterocycles. The van der Waals surface area contributed by atoms with Crippen LogP contribution in [0.1, 0.15) is 33.1 Å². The molecule has 122 valence electrons. The minimum Gasteiger partial charge on any atom is -0.394 e.